The molecule has 0 bridgehead atoms. The highest BCUT2D eigenvalue weighted by atomic mass is 35.5. The molecule has 2 heterocycles. The van der Waals surface area contributed by atoms with Gasteiger partial charge >= 0.3 is 0 Å². The largest absolute Gasteiger partial charge is 0.388 e. The summed E-state index contributed by atoms with van der Waals surface area (Å²) in [4.78, 5) is 23.2. The number of halogens is 1. The number of para-hydroxylation sites is 1. The van der Waals surface area contributed by atoms with Gasteiger partial charge in [-0.15, -0.1) is 11.8 Å². The predicted octanol–water partition coefficient (Wildman–Crippen LogP) is 7.53. The van der Waals surface area contributed by atoms with E-state index < -0.39 is 18.1 Å². The van der Waals surface area contributed by atoms with Gasteiger partial charge in [-0.25, -0.2) is 4.98 Å². The third kappa shape index (κ3) is 7.52. The number of pyridine rings is 2. The maximum absolute atomic E-state index is 13.1. The molecule has 3 atom stereocenters. The third-order valence-electron chi connectivity index (χ3n) is 6.59. The van der Waals surface area contributed by atoms with Gasteiger partial charge in [0, 0.05) is 33.7 Å². The van der Waals surface area contributed by atoms with Gasteiger partial charge in [0.15, 0.2) is 0 Å². The van der Waals surface area contributed by atoms with Crippen molar-refractivity contribution in [3.63, 3.8) is 0 Å². The number of carbonyl (C=O) groups is 1. The van der Waals surface area contributed by atoms with Crippen molar-refractivity contribution in [2.45, 2.75) is 23.0 Å². The summed E-state index contributed by atoms with van der Waals surface area (Å²) in [5.74, 6) is 0.192. The summed E-state index contributed by atoms with van der Waals surface area (Å²) in [6, 6.07) is 35.4. The van der Waals surface area contributed by atoms with Crippen molar-refractivity contribution in [3.05, 3.63) is 149 Å². The highest BCUT2D eigenvalue weighted by Crippen LogP contribution is 2.43. The van der Waals surface area contributed by atoms with Crippen LogP contribution >= 0.6 is 23.4 Å². The van der Waals surface area contributed by atoms with Crippen LogP contribution < -0.4 is 10.6 Å². The second-order valence-electron chi connectivity index (χ2n) is 9.35. The maximum Gasteiger partial charge on any atom is 0.234 e. The van der Waals surface area contributed by atoms with Gasteiger partial charge in [-0.3, -0.25) is 9.78 Å². The van der Waals surface area contributed by atoms with Crippen molar-refractivity contribution >= 4 is 40.8 Å². The Bertz CT molecular complexity index is 1540. The summed E-state index contributed by atoms with van der Waals surface area (Å²) in [7, 11) is 0. The first-order chi connectivity index (χ1) is 20.1. The quantitative estimate of drug-likeness (QED) is 0.140. The number of benzene rings is 3. The SMILES string of the molecule is O=C(CSc1ccc(Cl)cc1)Nc1ccccc1[C@@H](Nc1ccccn1)[C@H](c1ccccn1)[C@H](O)c1ccccc1. The Morgan fingerprint density at radius 2 is 1.49 bits per heavy atom. The van der Waals surface area contributed by atoms with E-state index in [1.165, 1.54) is 11.8 Å². The summed E-state index contributed by atoms with van der Waals surface area (Å²) in [6.45, 7) is 0. The lowest BCUT2D eigenvalue weighted by atomic mass is 9.82. The maximum atomic E-state index is 13.1. The number of hydrogen-bond donors (Lipinski definition) is 3. The van der Waals surface area contributed by atoms with Crippen molar-refractivity contribution in [1.29, 1.82) is 0 Å². The standard InChI is InChI=1S/C33H29ClN4O2S/c34-24-16-18-25(19-17-24)41-22-30(39)37-27-13-5-4-12-26(27)32(38-29-15-7-9-21-36-29)31(28-14-6-8-20-35-28)33(40)23-10-2-1-3-11-23/h1-21,31-33,40H,22H2,(H,36,38)(H,37,39)/t31-,32+,33+/m0/s1. The minimum Gasteiger partial charge on any atom is -0.388 e. The molecule has 2 aromatic heterocycles. The molecule has 8 heteroatoms. The number of rotatable bonds is 11. The zero-order chi connectivity index (χ0) is 28.4. The van der Waals surface area contributed by atoms with Gasteiger partial charge in [-0.2, -0.15) is 0 Å². The fourth-order valence-electron chi connectivity index (χ4n) is 4.66. The molecule has 0 saturated heterocycles. The Kier molecular flexibility index (Phi) is 9.65. The first-order valence-corrected chi connectivity index (χ1v) is 14.5. The lowest BCUT2D eigenvalue weighted by Gasteiger charge is -2.33. The second-order valence-corrected chi connectivity index (χ2v) is 10.8. The summed E-state index contributed by atoms with van der Waals surface area (Å²) < 4.78 is 0. The Morgan fingerprint density at radius 3 is 2.20 bits per heavy atom. The molecular weight excluding hydrogens is 552 g/mol. The van der Waals surface area contributed by atoms with E-state index in [-0.39, 0.29) is 11.7 Å². The highest BCUT2D eigenvalue weighted by Gasteiger charge is 2.35. The molecule has 5 aromatic rings. The van der Waals surface area contributed by atoms with Crippen molar-refractivity contribution in [2.75, 3.05) is 16.4 Å². The lowest BCUT2D eigenvalue weighted by molar-refractivity contribution is -0.113. The number of aliphatic hydroxyl groups excluding tert-OH is 1. The van der Waals surface area contributed by atoms with Crippen molar-refractivity contribution in [1.82, 2.24) is 9.97 Å². The van der Waals surface area contributed by atoms with Crippen LogP contribution in [0.5, 0.6) is 0 Å². The number of thioether (sulfide) groups is 1. The summed E-state index contributed by atoms with van der Waals surface area (Å²) in [6.07, 6.45) is 2.53. The normalized spacial score (nSPS) is 13.1. The van der Waals surface area contributed by atoms with E-state index in [0.29, 0.717) is 22.2 Å². The number of aromatic nitrogens is 2. The molecule has 1 amide bonds. The predicted molar refractivity (Wildman–Crippen MR) is 166 cm³/mol. The van der Waals surface area contributed by atoms with Gasteiger partial charge in [-0.05, 0) is 65.7 Å². The smallest absolute Gasteiger partial charge is 0.234 e. The van der Waals surface area contributed by atoms with Crippen LogP contribution in [0.15, 0.2) is 133 Å². The number of anilines is 2. The minimum atomic E-state index is -0.906. The molecular formula is C33H29ClN4O2S. The number of hydrogen-bond acceptors (Lipinski definition) is 6. The summed E-state index contributed by atoms with van der Waals surface area (Å²) in [5.41, 5.74) is 2.91. The first kappa shape index (κ1) is 28.4. The van der Waals surface area contributed by atoms with Gasteiger partial charge in [0.1, 0.15) is 5.82 Å². The zero-order valence-electron chi connectivity index (χ0n) is 22.1. The molecule has 0 aliphatic carbocycles. The molecule has 3 N–H and O–H groups in total. The molecule has 0 unspecified atom stereocenters. The van der Waals surface area contributed by atoms with Crippen LogP contribution in [0.3, 0.4) is 0 Å². The van der Waals surface area contributed by atoms with Gasteiger partial charge in [0.25, 0.3) is 0 Å². The fourth-order valence-corrected chi connectivity index (χ4v) is 5.49. The van der Waals surface area contributed by atoms with E-state index in [1.807, 2.05) is 103 Å². The average molecular weight is 581 g/mol. The van der Waals surface area contributed by atoms with Gasteiger partial charge in [0.2, 0.25) is 5.91 Å². The number of carbonyl (C=O) groups excluding carboxylic acids is 1. The van der Waals surface area contributed by atoms with Crippen LogP contribution in [0.4, 0.5) is 11.5 Å². The van der Waals surface area contributed by atoms with Crippen LogP contribution in [-0.4, -0.2) is 26.7 Å². The number of amides is 1. The Morgan fingerprint density at radius 1 is 0.805 bits per heavy atom. The molecule has 3 aromatic carbocycles. The molecule has 0 radical (unpaired) electrons. The molecule has 6 nitrogen and oxygen atoms in total. The molecule has 0 fully saturated rings. The number of nitrogens with zero attached hydrogens (tertiary/aromatic N) is 2. The first-order valence-electron chi connectivity index (χ1n) is 13.2. The van der Waals surface area contributed by atoms with Crippen molar-refractivity contribution in [3.8, 4) is 0 Å². The zero-order valence-corrected chi connectivity index (χ0v) is 23.7. The van der Waals surface area contributed by atoms with Crippen molar-refractivity contribution in [2.24, 2.45) is 0 Å². The van der Waals surface area contributed by atoms with Crippen LogP contribution in [0.2, 0.25) is 5.02 Å². The Labute approximate surface area is 248 Å². The third-order valence-corrected chi connectivity index (χ3v) is 7.86. The highest BCUT2D eigenvalue weighted by molar-refractivity contribution is 8.00. The van der Waals surface area contributed by atoms with Crippen molar-refractivity contribution < 1.29 is 9.90 Å². The van der Waals surface area contributed by atoms with Crippen LogP contribution in [0.25, 0.3) is 0 Å². The van der Waals surface area contributed by atoms with Gasteiger partial charge in [-0.1, -0.05) is 72.3 Å². The summed E-state index contributed by atoms with van der Waals surface area (Å²) in [5, 5.41) is 19.1. The monoisotopic (exact) mass is 580 g/mol. The van der Waals surface area contributed by atoms with Gasteiger partial charge < -0.3 is 15.7 Å². The van der Waals surface area contributed by atoms with E-state index in [2.05, 4.69) is 20.6 Å². The molecule has 206 valence electrons. The second kappa shape index (κ2) is 13.9. The summed E-state index contributed by atoms with van der Waals surface area (Å²) >= 11 is 7.43. The molecule has 5 rings (SSSR count). The van der Waals surface area contributed by atoms with E-state index in [1.54, 1.807) is 24.5 Å². The number of nitrogens with one attached hydrogen (secondary N) is 2. The van der Waals surface area contributed by atoms with E-state index in [4.69, 9.17) is 11.6 Å². The lowest BCUT2D eigenvalue weighted by Crippen LogP contribution is -2.27. The molecule has 0 saturated carbocycles. The van der Waals surface area contributed by atoms with Crippen LogP contribution in [-0.2, 0) is 4.79 Å². The van der Waals surface area contributed by atoms with Crippen LogP contribution in [0, 0.1) is 0 Å². The minimum absolute atomic E-state index is 0.146. The molecule has 0 spiro atoms. The average Bonchev–Trinajstić information content (AvgIpc) is 3.02. The van der Waals surface area contributed by atoms with E-state index in [9.17, 15) is 9.90 Å². The fraction of sp³-hybridized carbons (Fsp3) is 0.121. The van der Waals surface area contributed by atoms with E-state index >= 15 is 0 Å². The number of aliphatic hydroxyl groups is 1. The van der Waals surface area contributed by atoms with E-state index in [0.717, 1.165) is 16.0 Å². The van der Waals surface area contributed by atoms with Gasteiger partial charge in [0.05, 0.1) is 23.8 Å². The molecule has 41 heavy (non-hydrogen) atoms. The Hall–Kier alpha value is -4.17. The topological polar surface area (TPSA) is 87.1 Å². The molecule has 0 aliphatic rings. The Balaban J connectivity index is 1.51. The van der Waals surface area contributed by atoms with Crippen LogP contribution in [0.1, 0.15) is 34.9 Å². The molecule has 0 aliphatic heterocycles.